The number of amides is 4. The van der Waals surface area contributed by atoms with Gasteiger partial charge in [-0.1, -0.05) is 24.3 Å². The van der Waals surface area contributed by atoms with Gasteiger partial charge < -0.3 is 10.6 Å². The van der Waals surface area contributed by atoms with E-state index in [1.54, 1.807) is 0 Å². The largest absolute Gasteiger partial charge is 0.385 e. The number of benzene rings is 4. The van der Waals surface area contributed by atoms with Crippen LogP contribution in [0.3, 0.4) is 0 Å². The maximum absolute atomic E-state index is 13.6. The molecule has 2 aliphatic heterocycles. The first-order chi connectivity index (χ1) is 36.2. The summed E-state index contributed by atoms with van der Waals surface area (Å²) in [6, 6.07) is 19.3. The third-order valence-electron chi connectivity index (χ3n) is 14.6. The molecule has 0 spiro atoms. The number of carbonyl (C=O) groups is 4. The average molecular weight is 999 g/mol. The summed E-state index contributed by atoms with van der Waals surface area (Å²) in [5.74, 6) is -0.859. The van der Waals surface area contributed by atoms with Crippen LogP contribution in [0.4, 0.5) is 11.4 Å². The predicted molar refractivity (Wildman–Crippen MR) is 282 cm³/mol. The van der Waals surface area contributed by atoms with Crippen molar-refractivity contribution < 1.29 is 37.4 Å². The first-order valence-corrected chi connectivity index (χ1v) is 26.6. The van der Waals surface area contributed by atoms with Crippen LogP contribution < -0.4 is 28.9 Å². The molecule has 16 heteroatoms. The van der Waals surface area contributed by atoms with E-state index in [1.807, 2.05) is 121 Å². The first-order valence-electron chi connectivity index (χ1n) is 26.6. The third kappa shape index (κ3) is 11.2. The van der Waals surface area contributed by atoms with E-state index >= 15 is 0 Å². The number of carbonyl (C=O) groups excluding carboxylic acids is 4. The number of nitrogens with one attached hydrogen (secondary N) is 2. The molecule has 2 aliphatic rings. The van der Waals surface area contributed by atoms with Gasteiger partial charge in [-0.15, -0.1) is 0 Å². The number of imidazole rings is 4. The Morgan fingerprint density at radius 2 is 0.784 bits per heavy atom. The molecule has 0 bridgehead atoms. The van der Waals surface area contributed by atoms with Crippen molar-refractivity contribution >= 4 is 56.5 Å². The van der Waals surface area contributed by atoms with Gasteiger partial charge in [0.15, 0.2) is 0 Å². The van der Waals surface area contributed by atoms with Gasteiger partial charge in [-0.25, -0.2) is 36.5 Å². The lowest BCUT2D eigenvalue weighted by atomic mass is 9.93. The highest BCUT2D eigenvalue weighted by molar-refractivity contribution is 6.27. The molecule has 382 valence electrons. The van der Waals surface area contributed by atoms with Crippen LogP contribution in [0.5, 0.6) is 0 Å². The second-order valence-corrected chi connectivity index (χ2v) is 20.1. The quantitative estimate of drug-likeness (QED) is 0.0330. The van der Waals surface area contributed by atoms with Gasteiger partial charge in [0.2, 0.25) is 25.3 Å². The summed E-state index contributed by atoms with van der Waals surface area (Å²) >= 11 is 0. The summed E-state index contributed by atoms with van der Waals surface area (Å²) in [7, 11) is 3.95. The van der Waals surface area contributed by atoms with Gasteiger partial charge >= 0.3 is 0 Å². The Labute approximate surface area is 432 Å². The topological polar surface area (TPSA) is 134 Å². The molecule has 0 aliphatic carbocycles. The van der Waals surface area contributed by atoms with E-state index in [0.717, 1.165) is 137 Å². The van der Waals surface area contributed by atoms with E-state index in [0.29, 0.717) is 48.2 Å². The molecule has 6 heterocycles. The average Bonchev–Trinajstić information content (AvgIpc) is 4.25. The Morgan fingerprint density at radius 1 is 0.392 bits per heavy atom. The molecule has 8 aromatic rings. The molecule has 10 rings (SSSR count). The van der Waals surface area contributed by atoms with Crippen LogP contribution in [-0.4, -0.2) is 77.9 Å². The lowest BCUT2D eigenvalue weighted by molar-refractivity contribution is -0.707. The van der Waals surface area contributed by atoms with E-state index in [2.05, 4.69) is 75.5 Å². The van der Waals surface area contributed by atoms with Gasteiger partial charge in [0, 0.05) is 94.2 Å². The van der Waals surface area contributed by atoms with Crippen molar-refractivity contribution in [3.8, 4) is 0 Å². The Kier molecular flexibility index (Phi) is 15.4. The number of unbranched alkanes of at least 4 members (excludes halogenated alkanes) is 5. The fourth-order valence-electron chi connectivity index (χ4n) is 10.7. The van der Waals surface area contributed by atoms with E-state index < -0.39 is 0 Å². The van der Waals surface area contributed by atoms with Crippen molar-refractivity contribution in [1.29, 1.82) is 0 Å². The molecule has 0 saturated carbocycles. The standard InChI is InChI=1S/C58H68N12O4/c1-61-33-35-63(41-61)29-13-31-69-55(71)47-17-11-15-45-51(21-19-49(53(45)47)57(69)73)59-23-5-3-7-25-65-37-39-67(43-65)27-9-10-28-68-40-38-66(44-68)26-8-4-6-24-60-52-22-20-50-54-46(52)16-12-18-48(54)56(72)70(58(50)74)32-14-30-64-36-34-62(2)42-64/h11-12,15-22,33-44H,3-10,13-14,23-32H2,1-2H3/q+2/p+2. The number of hydrogen-bond acceptors (Lipinski definition) is 6. The van der Waals surface area contributed by atoms with E-state index in [-0.39, 0.29) is 23.6 Å². The Balaban J connectivity index is 0.588. The monoisotopic (exact) mass is 999 g/mol. The molecule has 0 atom stereocenters. The van der Waals surface area contributed by atoms with Crippen LogP contribution in [0, 0.1) is 0 Å². The zero-order valence-electron chi connectivity index (χ0n) is 42.9. The third-order valence-corrected chi connectivity index (χ3v) is 14.6. The minimum atomic E-state index is -0.215. The molecule has 2 N–H and O–H groups in total. The second-order valence-electron chi connectivity index (χ2n) is 20.1. The summed E-state index contributed by atoms with van der Waals surface area (Å²) in [4.78, 5) is 57.0. The fraction of sp³-hybridized carbons (Fsp3) is 0.379. The number of aromatic nitrogens is 8. The summed E-state index contributed by atoms with van der Waals surface area (Å²) in [5.41, 5.74) is 4.30. The molecule has 4 aromatic heterocycles. The number of rotatable bonds is 27. The van der Waals surface area contributed by atoms with Crippen LogP contribution in [0.1, 0.15) is 106 Å². The normalized spacial score (nSPS) is 13.3. The number of nitrogens with zero attached hydrogens (tertiary/aromatic N) is 10. The van der Waals surface area contributed by atoms with Crippen molar-refractivity contribution in [3.63, 3.8) is 0 Å². The molecule has 74 heavy (non-hydrogen) atoms. The summed E-state index contributed by atoms with van der Waals surface area (Å²) in [6.45, 7) is 7.81. The Morgan fingerprint density at radius 3 is 1.20 bits per heavy atom. The number of anilines is 2. The summed E-state index contributed by atoms with van der Waals surface area (Å²) in [5, 5.41) is 10.5. The molecule has 0 radical (unpaired) electrons. The lowest BCUT2D eigenvalue weighted by Crippen LogP contribution is -2.42. The highest BCUT2D eigenvalue weighted by Gasteiger charge is 2.34. The SMILES string of the molecule is Cn1cc[n+](CCCN2C(=O)c3cccc4c(NCCCCCn5cc[n+](CCCC[n+]6ccn(CCCCCNc7ccc8c9c(cccc79)C(=O)N(CCC[n+]7ccn(C)c7)C8=O)c6)c5)ccc(c34)C2=O)c1. The predicted octanol–water partition coefficient (Wildman–Crippen LogP) is 6.84. The van der Waals surface area contributed by atoms with Gasteiger partial charge in [0.05, 0.1) is 53.4 Å². The van der Waals surface area contributed by atoms with Crippen molar-refractivity contribution in [2.45, 2.75) is 103 Å². The van der Waals surface area contributed by atoms with Crippen molar-refractivity contribution in [2.75, 3.05) is 36.8 Å². The molecule has 0 unspecified atom stereocenters. The Hall–Kier alpha value is -7.88. The van der Waals surface area contributed by atoms with Crippen molar-refractivity contribution in [3.05, 3.63) is 158 Å². The minimum Gasteiger partial charge on any atom is -0.385 e. The molecule has 4 amide bonds. The molecule has 16 nitrogen and oxygen atoms in total. The molecule has 0 saturated heterocycles. The van der Waals surface area contributed by atoms with E-state index in [9.17, 15) is 19.2 Å². The highest BCUT2D eigenvalue weighted by Crippen LogP contribution is 2.36. The van der Waals surface area contributed by atoms with Gasteiger partial charge in [-0.2, -0.15) is 0 Å². The molecule has 4 aromatic carbocycles. The number of hydrogen-bond donors (Lipinski definition) is 2. The molecular weight excluding hydrogens is 929 g/mol. The zero-order chi connectivity index (χ0) is 51.0. The molecular formula is C58H70N12O4+4. The van der Waals surface area contributed by atoms with Crippen LogP contribution in [0.25, 0.3) is 21.5 Å². The minimum absolute atomic E-state index is 0.215. The fourth-order valence-corrected chi connectivity index (χ4v) is 10.7. The zero-order valence-corrected chi connectivity index (χ0v) is 42.9. The summed E-state index contributed by atoms with van der Waals surface area (Å²) in [6.07, 6.45) is 35.1. The first kappa shape index (κ1) is 49.7. The lowest BCUT2D eigenvalue weighted by Gasteiger charge is -2.27. The maximum Gasteiger partial charge on any atom is 0.261 e. The summed E-state index contributed by atoms with van der Waals surface area (Å²) < 4.78 is 17.2. The van der Waals surface area contributed by atoms with Crippen LogP contribution >= 0.6 is 0 Å². The second kappa shape index (κ2) is 22.9. The van der Waals surface area contributed by atoms with Crippen LogP contribution in [-0.2, 0) is 53.4 Å². The van der Waals surface area contributed by atoms with Gasteiger partial charge in [-0.05, 0) is 87.8 Å². The highest BCUT2D eigenvalue weighted by atomic mass is 16.2. The Bertz CT molecular complexity index is 3040. The maximum atomic E-state index is 13.6. The smallest absolute Gasteiger partial charge is 0.261 e. The van der Waals surface area contributed by atoms with Gasteiger partial charge in [0.25, 0.3) is 23.6 Å². The van der Waals surface area contributed by atoms with Crippen LogP contribution in [0.2, 0.25) is 0 Å². The number of aryl methyl sites for hydroxylation is 8. The molecule has 0 fully saturated rings. The van der Waals surface area contributed by atoms with Crippen molar-refractivity contribution in [2.24, 2.45) is 14.1 Å². The van der Waals surface area contributed by atoms with Crippen molar-refractivity contribution in [1.82, 2.24) is 28.1 Å². The van der Waals surface area contributed by atoms with E-state index in [4.69, 9.17) is 0 Å². The van der Waals surface area contributed by atoms with Crippen LogP contribution in [0.15, 0.2) is 136 Å². The van der Waals surface area contributed by atoms with Gasteiger partial charge in [0.1, 0.15) is 49.6 Å². The van der Waals surface area contributed by atoms with Gasteiger partial charge in [-0.3, -0.25) is 29.0 Å². The number of imide groups is 2. The van der Waals surface area contributed by atoms with E-state index in [1.165, 1.54) is 9.80 Å².